The maximum atomic E-state index is 4.22. The fraction of sp³-hybridized carbons (Fsp3) is 0.471. The van der Waals surface area contributed by atoms with Crippen molar-refractivity contribution in [2.75, 3.05) is 6.54 Å². The molecule has 1 N–H and O–H groups in total. The molecule has 0 spiro atoms. The summed E-state index contributed by atoms with van der Waals surface area (Å²) < 4.78 is 0. The summed E-state index contributed by atoms with van der Waals surface area (Å²) in [5.41, 5.74) is 1.56. The maximum absolute atomic E-state index is 4.22. The van der Waals surface area contributed by atoms with Gasteiger partial charge < -0.3 is 5.32 Å². The van der Waals surface area contributed by atoms with Crippen LogP contribution in [0.3, 0.4) is 0 Å². The summed E-state index contributed by atoms with van der Waals surface area (Å²) in [6.07, 6.45) is 4.97. The zero-order chi connectivity index (χ0) is 13.9. The number of hydrogen-bond acceptors (Lipinski definition) is 2. The van der Waals surface area contributed by atoms with Crippen LogP contribution < -0.4 is 5.32 Å². The number of pyridine rings is 1. The third-order valence-electron chi connectivity index (χ3n) is 3.49. The van der Waals surface area contributed by atoms with Gasteiger partial charge in [0, 0.05) is 23.8 Å². The predicted molar refractivity (Wildman–Crippen MR) is 82.2 cm³/mol. The molecule has 0 saturated carbocycles. The van der Waals surface area contributed by atoms with Crippen LogP contribution in [-0.2, 0) is 0 Å². The van der Waals surface area contributed by atoms with E-state index in [0.717, 1.165) is 13.0 Å². The SMILES string of the molecule is CCCNC(c1cccc2cnccc12)C(C)(C)C. The Morgan fingerprint density at radius 3 is 2.68 bits per heavy atom. The van der Waals surface area contributed by atoms with Crippen molar-refractivity contribution >= 4 is 10.8 Å². The number of hydrogen-bond donors (Lipinski definition) is 1. The Labute approximate surface area is 116 Å². The van der Waals surface area contributed by atoms with Crippen LogP contribution in [0, 0.1) is 5.41 Å². The summed E-state index contributed by atoms with van der Waals surface area (Å²) in [4.78, 5) is 4.22. The van der Waals surface area contributed by atoms with Crippen LogP contribution in [0.5, 0.6) is 0 Å². The summed E-state index contributed by atoms with van der Waals surface area (Å²) in [6.45, 7) is 10.1. The summed E-state index contributed by atoms with van der Waals surface area (Å²) in [5, 5.41) is 6.22. The van der Waals surface area contributed by atoms with Crippen LogP contribution in [0.25, 0.3) is 10.8 Å². The predicted octanol–water partition coefficient (Wildman–Crippen LogP) is 4.32. The van der Waals surface area contributed by atoms with E-state index in [4.69, 9.17) is 0 Å². The molecule has 1 atom stereocenters. The van der Waals surface area contributed by atoms with E-state index in [-0.39, 0.29) is 5.41 Å². The second-order valence-corrected chi connectivity index (χ2v) is 6.20. The zero-order valence-corrected chi connectivity index (χ0v) is 12.4. The van der Waals surface area contributed by atoms with Crippen molar-refractivity contribution in [3.05, 3.63) is 42.2 Å². The second-order valence-electron chi connectivity index (χ2n) is 6.20. The molecular weight excluding hydrogens is 232 g/mol. The summed E-state index contributed by atoms with van der Waals surface area (Å²) >= 11 is 0. The van der Waals surface area contributed by atoms with Gasteiger partial charge in [-0.05, 0) is 35.4 Å². The van der Waals surface area contributed by atoms with E-state index in [9.17, 15) is 0 Å². The van der Waals surface area contributed by atoms with Crippen molar-refractivity contribution < 1.29 is 0 Å². The lowest BCUT2D eigenvalue weighted by Gasteiger charge is -2.33. The zero-order valence-electron chi connectivity index (χ0n) is 12.4. The highest BCUT2D eigenvalue weighted by Crippen LogP contribution is 2.36. The minimum atomic E-state index is 0.187. The number of fused-ring (bicyclic) bond motifs is 1. The van der Waals surface area contributed by atoms with Crippen LogP contribution in [-0.4, -0.2) is 11.5 Å². The molecule has 1 aromatic heterocycles. The normalized spacial score (nSPS) is 13.7. The molecule has 1 aromatic carbocycles. The van der Waals surface area contributed by atoms with E-state index in [1.807, 2.05) is 12.4 Å². The topological polar surface area (TPSA) is 24.9 Å². The van der Waals surface area contributed by atoms with Crippen LogP contribution >= 0.6 is 0 Å². The second kappa shape index (κ2) is 5.70. The number of nitrogens with one attached hydrogen (secondary N) is 1. The van der Waals surface area contributed by atoms with E-state index >= 15 is 0 Å². The molecule has 1 heterocycles. The van der Waals surface area contributed by atoms with Gasteiger partial charge in [0.05, 0.1) is 0 Å². The quantitative estimate of drug-likeness (QED) is 0.881. The molecule has 0 saturated heterocycles. The summed E-state index contributed by atoms with van der Waals surface area (Å²) in [7, 11) is 0. The van der Waals surface area contributed by atoms with Gasteiger partial charge in [0.1, 0.15) is 0 Å². The van der Waals surface area contributed by atoms with Gasteiger partial charge in [-0.1, -0.05) is 45.9 Å². The first-order valence-corrected chi connectivity index (χ1v) is 7.10. The Morgan fingerprint density at radius 2 is 2.00 bits per heavy atom. The lowest BCUT2D eigenvalue weighted by Crippen LogP contribution is -2.33. The van der Waals surface area contributed by atoms with E-state index in [2.05, 4.69) is 62.3 Å². The third-order valence-corrected chi connectivity index (χ3v) is 3.49. The van der Waals surface area contributed by atoms with Gasteiger partial charge in [0.15, 0.2) is 0 Å². The Kier molecular flexibility index (Phi) is 4.20. The number of nitrogens with zero attached hydrogens (tertiary/aromatic N) is 1. The minimum Gasteiger partial charge on any atom is -0.309 e. The molecule has 0 aliphatic rings. The molecule has 0 aliphatic heterocycles. The van der Waals surface area contributed by atoms with Crippen LogP contribution in [0.4, 0.5) is 0 Å². The first kappa shape index (κ1) is 14.0. The van der Waals surface area contributed by atoms with Gasteiger partial charge in [0.25, 0.3) is 0 Å². The number of rotatable bonds is 4. The van der Waals surface area contributed by atoms with Gasteiger partial charge >= 0.3 is 0 Å². The molecule has 0 amide bonds. The standard InChI is InChI=1S/C17H24N2/c1-5-10-19-16(17(2,3)4)15-8-6-7-13-12-18-11-9-14(13)15/h6-9,11-12,16,19H,5,10H2,1-4H3. The molecule has 19 heavy (non-hydrogen) atoms. The van der Waals surface area contributed by atoms with Gasteiger partial charge in [-0.25, -0.2) is 0 Å². The van der Waals surface area contributed by atoms with Gasteiger partial charge in [-0.15, -0.1) is 0 Å². The van der Waals surface area contributed by atoms with Gasteiger partial charge in [-0.2, -0.15) is 0 Å². The van der Waals surface area contributed by atoms with Crippen molar-refractivity contribution in [2.45, 2.75) is 40.2 Å². The first-order chi connectivity index (χ1) is 9.04. The molecule has 0 aliphatic carbocycles. The lowest BCUT2D eigenvalue weighted by atomic mass is 9.81. The van der Waals surface area contributed by atoms with Crippen LogP contribution in [0.1, 0.15) is 45.7 Å². The Morgan fingerprint density at radius 1 is 1.21 bits per heavy atom. The third kappa shape index (κ3) is 3.13. The molecule has 2 heteroatoms. The van der Waals surface area contributed by atoms with Crippen LogP contribution in [0.15, 0.2) is 36.7 Å². The van der Waals surface area contributed by atoms with Crippen molar-refractivity contribution in [3.8, 4) is 0 Å². The van der Waals surface area contributed by atoms with Crippen molar-refractivity contribution in [1.82, 2.24) is 10.3 Å². The smallest absolute Gasteiger partial charge is 0.0375 e. The summed E-state index contributed by atoms with van der Waals surface area (Å²) in [6, 6.07) is 8.98. The average molecular weight is 256 g/mol. The Bertz CT molecular complexity index is 535. The maximum Gasteiger partial charge on any atom is 0.0375 e. The molecule has 1 unspecified atom stereocenters. The van der Waals surface area contributed by atoms with E-state index in [1.165, 1.54) is 16.3 Å². The molecule has 2 nitrogen and oxygen atoms in total. The highest BCUT2D eigenvalue weighted by molar-refractivity contribution is 5.85. The molecule has 2 aromatic rings. The fourth-order valence-corrected chi connectivity index (χ4v) is 2.57. The Balaban J connectivity index is 2.49. The molecular formula is C17H24N2. The average Bonchev–Trinajstić information content (AvgIpc) is 2.38. The molecule has 0 fully saturated rings. The van der Waals surface area contributed by atoms with Crippen molar-refractivity contribution in [3.63, 3.8) is 0 Å². The molecule has 102 valence electrons. The molecule has 0 bridgehead atoms. The number of aromatic nitrogens is 1. The van der Waals surface area contributed by atoms with Gasteiger partial charge in [0.2, 0.25) is 0 Å². The van der Waals surface area contributed by atoms with E-state index < -0.39 is 0 Å². The first-order valence-electron chi connectivity index (χ1n) is 7.10. The van der Waals surface area contributed by atoms with E-state index in [1.54, 1.807) is 0 Å². The van der Waals surface area contributed by atoms with Crippen molar-refractivity contribution in [1.29, 1.82) is 0 Å². The number of benzene rings is 1. The summed E-state index contributed by atoms with van der Waals surface area (Å²) in [5.74, 6) is 0. The van der Waals surface area contributed by atoms with E-state index in [0.29, 0.717) is 6.04 Å². The minimum absolute atomic E-state index is 0.187. The largest absolute Gasteiger partial charge is 0.309 e. The van der Waals surface area contributed by atoms with Crippen LogP contribution in [0.2, 0.25) is 0 Å². The lowest BCUT2D eigenvalue weighted by molar-refractivity contribution is 0.275. The van der Waals surface area contributed by atoms with Gasteiger partial charge in [-0.3, -0.25) is 4.98 Å². The van der Waals surface area contributed by atoms with Crippen molar-refractivity contribution in [2.24, 2.45) is 5.41 Å². The highest BCUT2D eigenvalue weighted by Gasteiger charge is 2.26. The fourth-order valence-electron chi connectivity index (χ4n) is 2.57. The monoisotopic (exact) mass is 256 g/mol. The molecule has 2 rings (SSSR count). The molecule has 0 radical (unpaired) electrons. The Hall–Kier alpha value is -1.41. The highest BCUT2D eigenvalue weighted by atomic mass is 14.9.